The number of nitrogens with one attached hydrogen (secondary N) is 1. The highest BCUT2D eigenvalue weighted by molar-refractivity contribution is 7.92. The summed E-state index contributed by atoms with van der Waals surface area (Å²) in [5.74, 6) is 0.270. The summed E-state index contributed by atoms with van der Waals surface area (Å²) in [5, 5.41) is 0.228. The fourth-order valence-corrected chi connectivity index (χ4v) is 4.06. The van der Waals surface area contributed by atoms with Gasteiger partial charge in [-0.15, -0.1) is 0 Å². The Labute approximate surface area is 150 Å². The number of sulfonamides is 1. The highest BCUT2D eigenvalue weighted by Gasteiger charge is 2.36. The third-order valence-electron chi connectivity index (χ3n) is 4.44. The number of anilines is 2. The second-order valence-electron chi connectivity index (χ2n) is 6.28. The first-order valence-corrected chi connectivity index (χ1v) is 9.89. The molecule has 0 spiro atoms. The van der Waals surface area contributed by atoms with E-state index in [0.717, 1.165) is 30.5 Å². The van der Waals surface area contributed by atoms with Crippen LogP contribution in [0.2, 0.25) is 5.15 Å². The van der Waals surface area contributed by atoms with Crippen LogP contribution in [-0.2, 0) is 21.2 Å². The van der Waals surface area contributed by atoms with E-state index in [4.69, 9.17) is 11.6 Å². The first-order valence-electron chi connectivity index (χ1n) is 8.03. The molecule has 1 amide bonds. The minimum atomic E-state index is -3.76. The van der Waals surface area contributed by atoms with Crippen molar-refractivity contribution in [3.8, 4) is 0 Å². The SMILES string of the molecule is O=C(C1CC1)N1CCc2ccc(NS(=O)(=O)c3ccc(Cl)nc3)cc21. The van der Waals surface area contributed by atoms with Crippen molar-refractivity contribution >= 4 is 38.9 Å². The van der Waals surface area contributed by atoms with Gasteiger partial charge in [0.2, 0.25) is 5.91 Å². The molecule has 1 fully saturated rings. The molecule has 1 N–H and O–H groups in total. The standard InChI is InChI=1S/C17H16ClN3O3S/c18-16-6-5-14(10-19-16)25(23,24)20-13-4-3-11-7-8-21(15(11)9-13)17(22)12-1-2-12/h3-6,9-10,12,20H,1-2,7-8H2. The third kappa shape index (κ3) is 3.21. The molecule has 2 heterocycles. The number of nitrogens with zero attached hydrogens (tertiary/aromatic N) is 2. The Kier molecular flexibility index (Phi) is 3.92. The van der Waals surface area contributed by atoms with E-state index in [1.165, 1.54) is 18.3 Å². The van der Waals surface area contributed by atoms with Gasteiger partial charge in [-0.3, -0.25) is 9.52 Å². The molecular weight excluding hydrogens is 362 g/mol. The number of hydrogen-bond donors (Lipinski definition) is 1. The average Bonchev–Trinajstić information content (AvgIpc) is 3.34. The summed E-state index contributed by atoms with van der Waals surface area (Å²) in [7, 11) is -3.76. The van der Waals surface area contributed by atoms with E-state index in [1.807, 2.05) is 6.07 Å². The first-order chi connectivity index (χ1) is 11.9. The highest BCUT2D eigenvalue weighted by atomic mass is 35.5. The van der Waals surface area contributed by atoms with E-state index in [9.17, 15) is 13.2 Å². The van der Waals surface area contributed by atoms with Crippen LogP contribution in [0.1, 0.15) is 18.4 Å². The average molecular weight is 378 g/mol. The van der Waals surface area contributed by atoms with Gasteiger partial charge < -0.3 is 4.90 Å². The zero-order valence-electron chi connectivity index (χ0n) is 13.3. The molecule has 1 aliphatic carbocycles. The van der Waals surface area contributed by atoms with Crippen molar-refractivity contribution in [1.29, 1.82) is 0 Å². The van der Waals surface area contributed by atoms with Gasteiger partial charge in [0.25, 0.3) is 10.0 Å². The monoisotopic (exact) mass is 377 g/mol. The maximum Gasteiger partial charge on any atom is 0.263 e. The third-order valence-corrected chi connectivity index (χ3v) is 6.03. The predicted octanol–water partition coefficient (Wildman–Crippen LogP) is 2.83. The Hall–Kier alpha value is -2.12. The van der Waals surface area contributed by atoms with Crippen LogP contribution in [0.5, 0.6) is 0 Å². The Balaban J connectivity index is 1.60. The van der Waals surface area contributed by atoms with Gasteiger partial charge in [-0.2, -0.15) is 0 Å². The van der Waals surface area contributed by atoms with Crippen molar-refractivity contribution in [1.82, 2.24) is 4.98 Å². The summed E-state index contributed by atoms with van der Waals surface area (Å²) in [5.41, 5.74) is 2.28. The summed E-state index contributed by atoms with van der Waals surface area (Å²) >= 11 is 5.70. The van der Waals surface area contributed by atoms with Gasteiger partial charge in [0.1, 0.15) is 10.0 Å². The maximum absolute atomic E-state index is 12.5. The molecule has 25 heavy (non-hydrogen) atoms. The molecule has 130 valence electrons. The fourth-order valence-electron chi connectivity index (χ4n) is 2.96. The molecule has 0 atom stereocenters. The minimum Gasteiger partial charge on any atom is -0.312 e. The van der Waals surface area contributed by atoms with Crippen LogP contribution in [0.3, 0.4) is 0 Å². The molecule has 0 unspecified atom stereocenters. The zero-order valence-corrected chi connectivity index (χ0v) is 14.8. The molecule has 2 aliphatic rings. The zero-order chi connectivity index (χ0) is 17.6. The smallest absolute Gasteiger partial charge is 0.263 e. The number of aromatic nitrogens is 1. The lowest BCUT2D eigenvalue weighted by Gasteiger charge is -2.18. The summed E-state index contributed by atoms with van der Waals surface area (Å²) in [4.78, 5) is 18.0. The van der Waals surface area contributed by atoms with E-state index in [2.05, 4.69) is 9.71 Å². The lowest BCUT2D eigenvalue weighted by Crippen LogP contribution is -2.30. The number of pyridine rings is 1. The predicted molar refractivity (Wildman–Crippen MR) is 95.3 cm³/mol. The number of halogens is 1. The molecule has 1 aromatic carbocycles. The second kappa shape index (κ2) is 6.00. The van der Waals surface area contributed by atoms with Gasteiger partial charge in [0.15, 0.2) is 0 Å². The Morgan fingerprint density at radius 2 is 2.04 bits per heavy atom. The van der Waals surface area contributed by atoms with Gasteiger partial charge >= 0.3 is 0 Å². The van der Waals surface area contributed by atoms with Crippen LogP contribution in [0, 0.1) is 5.92 Å². The van der Waals surface area contributed by atoms with Gasteiger partial charge in [-0.05, 0) is 49.1 Å². The minimum absolute atomic E-state index is 0.0308. The molecule has 1 aromatic heterocycles. The van der Waals surface area contributed by atoms with Crippen LogP contribution in [0.4, 0.5) is 11.4 Å². The van der Waals surface area contributed by atoms with Gasteiger partial charge in [0, 0.05) is 24.3 Å². The highest BCUT2D eigenvalue weighted by Crippen LogP contribution is 2.37. The number of carbonyl (C=O) groups is 1. The Morgan fingerprint density at radius 3 is 2.72 bits per heavy atom. The van der Waals surface area contributed by atoms with Crippen molar-refractivity contribution in [2.45, 2.75) is 24.2 Å². The fraction of sp³-hybridized carbons (Fsp3) is 0.294. The molecule has 0 bridgehead atoms. The second-order valence-corrected chi connectivity index (χ2v) is 8.35. The molecule has 0 radical (unpaired) electrons. The Morgan fingerprint density at radius 1 is 1.24 bits per heavy atom. The lowest BCUT2D eigenvalue weighted by atomic mass is 10.1. The molecule has 2 aromatic rings. The summed E-state index contributed by atoms with van der Waals surface area (Å²) < 4.78 is 27.5. The van der Waals surface area contributed by atoms with Crippen molar-refractivity contribution in [3.05, 3.63) is 47.2 Å². The normalized spacial score (nSPS) is 16.6. The van der Waals surface area contributed by atoms with E-state index in [0.29, 0.717) is 12.2 Å². The van der Waals surface area contributed by atoms with Crippen molar-refractivity contribution in [3.63, 3.8) is 0 Å². The van der Waals surface area contributed by atoms with E-state index < -0.39 is 10.0 Å². The maximum atomic E-state index is 12.5. The molecule has 8 heteroatoms. The van der Waals surface area contributed by atoms with Crippen LogP contribution in [-0.4, -0.2) is 25.9 Å². The number of hydrogen-bond acceptors (Lipinski definition) is 4. The quantitative estimate of drug-likeness (QED) is 0.831. The molecule has 6 nitrogen and oxygen atoms in total. The van der Waals surface area contributed by atoms with E-state index >= 15 is 0 Å². The van der Waals surface area contributed by atoms with Gasteiger partial charge in [-0.1, -0.05) is 17.7 Å². The summed E-state index contributed by atoms with van der Waals surface area (Å²) in [6, 6.07) is 8.13. The molecule has 1 saturated carbocycles. The van der Waals surface area contributed by atoms with Crippen LogP contribution in [0.25, 0.3) is 0 Å². The molecular formula is C17H16ClN3O3S. The summed E-state index contributed by atoms with van der Waals surface area (Å²) in [6.07, 6.45) is 3.89. The van der Waals surface area contributed by atoms with Crippen LogP contribution in [0.15, 0.2) is 41.4 Å². The van der Waals surface area contributed by atoms with Gasteiger partial charge in [0.05, 0.1) is 5.69 Å². The Bertz CT molecular complexity index is 940. The van der Waals surface area contributed by atoms with Crippen molar-refractivity contribution in [2.24, 2.45) is 5.92 Å². The van der Waals surface area contributed by atoms with Crippen molar-refractivity contribution < 1.29 is 13.2 Å². The first kappa shape index (κ1) is 16.4. The number of carbonyl (C=O) groups excluding carboxylic acids is 1. The number of rotatable bonds is 4. The largest absolute Gasteiger partial charge is 0.312 e. The molecule has 0 saturated heterocycles. The number of amides is 1. The topological polar surface area (TPSA) is 79.4 Å². The summed E-state index contributed by atoms with van der Waals surface area (Å²) in [6.45, 7) is 0.655. The van der Waals surface area contributed by atoms with E-state index in [-0.39, 0.29) is 21.9 Å². The lowest BCUT2D eigenvalue weighted by molar-refractivity contribution is -0.119. The van der Waals surface area contributed by atoms with E-state index in [1.54, 1.807) is 17.0 Å². The van der Waals surface area contributed by atoms with Crippen LogP contribution < -0.4 is 9.62 Å². The van der Waals surface area contributed by atoms with Crippen LogP contribution >= 0.6 is 11.6 Å². The number of fused-ring (bicyclic) bond motifs is 1. The molecule has 1 aliphatic heterocycles. The molecule has 4 rings (SSSR count). The van der Waals surface area contributed by atoms with Gasteiger partial charge in [-0.25, -0.2) is 13.4 Å². The number of benzene rings is 1. The van der Waals surface area contributed by atoms with Crippen molar-refractivity contribution in [2.75, 3.05) is 16.2 Å².